The van der Waals surface area contributed by atoms with E-state index in [2.05, 4.69) is 5.32 Å². The van der Waals surface area contributed by atoms with Gasteiger partial charge in [-0.2, -0.15) is 0 Å². The standard InChI is InChI=1S/C26H26ClFN2O2/c1-2-8-24(31)30(18-19-13-15-22(28)16-14-19)25(20-9-4-3-5-10-20)26(32)29-17-21-11-6-7-12-23(21)27/h3-7,9-16,25H,2,8,17-18H2,1H3,(H,29,32)/t25-/m1/s1. The number of rotatable bonds is 9. The molecule has 0 heterocycles. The lowest BCUT2D eigenvalue weighted by atomic mass is 10.0. The highest BCUT2D eigenvalue weighted by Gasteiger charge is 2.31. The number of hydrogen-bond acceptors (Lipinski definition) is 2. The van der Waals surface area contributed by atoms with Gasteiger partial charge in [0.05, 0.1) is 0 Å². The predicted octanol–water partition coefficient (Wildman–Crippen LogP) is 5.67. The Balaban J connectivity index is 1.92. The van der Waals surface area contributed by atoms with E-state index in [1.165, 1.54) is 12.1 Å². The van der Waals surface area contributed by atoms with Crippen molar-refractivity contribution < 1.29 is 14.0 Å². The van der Waals surface area contributed by atoms with Crippen LogP contribution in [-0.2, 0) is 22.7 Å². The van der Waals surface area contributed by atoms with E-state index in [1.54, 1.807) is 23.1 Å². The van der Waals surface area contributed by atoms with E-state index in [0.717, 1.165) is 11.1 Å². The molecule has 1 atom stereocenters. The first-order valence-corrected chi connectivity index (χ1v) is 11.0. The van der Waals surface area contributed by atoms with Gasteiger partial charge in [0.15, 0.2) is 0 Å². The Labute approximate surface area is 193 Å². The van der Waals surface area contributed by atoms with Gasteiger partial charge in [0.25, 0.3) is 0 Å². The highest BCUT2D eigenvalue weighted by Crippen LogP contribution is 2.25. The Bertz CT molecular complexity index is 1040. The molecule has 0 unspecified atom stereocenters. The summed E-state index contributed by atoms with van der Waals surface area (Å²) in [5.41, 5.74) is 2.24. The Morgan fingerprint density at radius 3 is 2.28 bits per heavy atom. The van der Waals surface area contributed by atoms with Crippen LogP contribution in [-0.4, -0.2) is 16.7 Å². The predicted molar refractivity (Wildman–Crippen MR) is 124 cm³/mol. The maximum Gasteiger partial charge on any atom is 0.247 e. The molecule has 0 aromatic heterocycles. The topological polar surface area (TPSA) is 49.4 Å². The zero-order chi connectivity index (χ0) is 22.9. The number of nitrogens with zero attached hydrogens (tertiary/aromatic N) is 1. The van der Waals surface area contributed by atoms with Crippen molar-refractivity contribution in [3.63, 3.8) is 0 Å². The number of carbonyl (C=O) groups is 2. The molecule has 0 radical (unpaired) electrons. The first kappa shape index (κ1) is 23.5. The van der Waals surface area contributed by atoms with E-state index in [1.807, 2.05) is 55.5 Å². The fraction of sp³-hybridized carbons (Fsp3) is 0.231. The largest absolute Gasteiger partial charge is 0.350 e. The highest BCUT2D eigenvalue weighted by atomic mass is 35.5. The fourth-order valence-electron chi connectivity index (χ4n) is 3.50. The number of nitrogens with one attached hydrogen (secondary N) is 1. The van der Waals surface area contributed by atoms with E-state index in [0.29, 0.717) is 23.4 Å². The molecule has 0 fully saturated rings. The van der Waals surface area contributed by atoms with Crippen molar-refractivity contribution in [1.82, 2.24) is 10.2 Å². The smallest absolute Gasteiger partial charge is 0.247 e. The Hall–Kier alpha value is -3.18. The van der Waals surface area contributed by atoms with E-state index >= 15 is 0 Å². The molecular weight excluding hydrogens is 427 g/mol. The summed E-state index contributed by atoms with van der Waals surface area (Å²) in [5.74, 6) is -0.793. The van der Waals surface area contributed by atoms with Crippen molar-refractivity contribution >= 4 is 23.4 Å². The van der Waals surface area contributed by atoms with Gasteiger partial charge < -0.3 is 10.2 Å². The summed E-state index contributed by atoms with van der Waals surface area (Å²) in [6.07, 6.45) is 0.962. The maximum atomic E-state index is 13.4. The Morgan fingerprint density at radius 2 is 1.62 bits per heavy atom. The quantitative estimate of drug-likeness (QED) is 0.455. The number of halogens is 2. The van der Waals surface area contributed by atoms with Crippen molar-refractivity contribution in [2.45, 2.75) is 38.9 Å². The van der Waals surface area contributed by atoms with Crippen molar-refractivity contribution in [3.8, 4) is 0 Å². The molecule has 0 aliphatic carbocycles. The number of benzene rings is 3. The third-order valence-electron chi connectivity index (χ3n) is 5.14. The molecule has 0 aliphatic rings. The lowest BCUT2D eigenvalue weighted by Crippen LogP contribution is -2.43. The van der Waals surface area contributed by atoms with Gasteiger partial charge in [-0.3, -0.25) is 9.59 Å². The zero-order valence-corrected chi connectivity index (χ0v) is 18.7. The van der Waals surface area contributed by atoms with E-state index in [9.17, 15) is 14.0 Å². The third-order valence-corrected chi connectivity index (χ3v) is 5.51. The average molecular weight is 453 g/mol. The minimum atomic E-state index is -0.831. The second-order valence-corrected chi connectivity index (χ2v) is 7.93. The second kappa shape index (κ2) is 11.4. The Morgan fingerprint density at radius 1 is 0.969 bits per heavy atom. The van der Waals surface area contributed by atoms with Crippen molar-refractivity contribution in [2.75, 3.05) is 0 Å². The third kappa shape index (κ3) is 6.17. The molecular formula is C26H26ClFN2O2. The molecule has 0 bridgehead atoms. The molecule has 0 saturated carbocycles. The normalized spacial score (nSPS) is 11.6. The number of hydrogen-bond donors (Lipinski definition) is 1. The molecule has 4 nitrogen and oxygen atoms in total. The van der Waals surface area contributed by atoms with Crippen LogP contribution in [0.25, 0.3) is 0 Å². The molecule has 0 spiro atoms. The van der Waals surface area contributed by atoms with Crippen LogP contribution in [0.2, 0.25) is 5.02 Å². The SMILES string of the molecule is CCCC(=O)N(Cc1ccc(F)cc1)[C@@H](C(=O)NCc1ccccc1Cl)c1ccccc1. The minimum Gasteiger partial charge on any atom is -0.350 e. The summed E-state index contributed by atoms with van der Waals surface area (Å²) in [6, 6.07) is 21.6. The van der Waals surface area contributed by atoms with Crippen molar-refractivity contribution in [3.05, 3.63) is 106 Å². The van der Waals surface area contributed by atoms with Crippen LogP contribution in [0.4, 0.5) is 4.39 Å². The molecule has 32 heavy (non-hydrogen) atoms. The highest BCUT2D eigenvalue weighted by molar-refractivity contribution is 6.31. The van der Waals surface area contributed by atoms with Gasteiger partial charge in [0.2, 0.25) is 11.8 Å². The molecule has 3 aromatic rings. The molecule has 6 heteroatoms. The van der Waals surface area contributed by atoms with Gasteiger partial charge in [0.1, 0.15) is 11.9 Å². The van der Waals surface area contributed by atoms with Crippen LogP contribution >= 0.6 is 11.6 Å². The lowest BCUT2D eigenvalue weighted by molar-refractivity contribution is -0.141. The monoisotopic (exact) mass is 452 g/mol. The van der Waals surface area contributed by atoms with Gasteiger partial charge in [-0.1, -0.05) is 79.2 Å². The van der Waals surface area contributed by atoms with Crippen LogP contribution < -0.4 is 5.32 Å². The molecule has 1 N–H and O–H groups in total. The van der Waals surface area contributed by atoms with E-state index < -0.39 is 6.04 Å². The van der Waals surface area contributed by atoms with Crippen LogP contribution in [0.5, 0.6) is 0 Å². The van der Waals surface area contributed by atoms with Crippen LogP contribution in [0.15, 0.2) is 78.9 Å². The van der Waals surface area contributed by atoms with Crippen LogP contribution in [0, 0.1) is 5.82 Å². The molecule has 0 aliphatic heterocycles. The number of carbonyl (C=O) groups excluding carboxylic acids is 2. The fourth-order valence-corrected chi connectivity index (χ4v) is 3.70. The average Bonchev–Trinajstić information content (AvgIpc) is 2.80. The number of amides is 2. The van der Waals surface area contributed by atoms with Gasteiger partial charge in [-0.15, -0.1) is 0 Å². The van der Waals surface area contributed by atoms with Crippen LogP contribution in [0.1, 0.15) is 42.5 Å². The van der Waals surface area contributed by atoms with Crippen molar-refractivity contribution in [1.29, 1.82) is 0 Å². The summed E-state index contributed by atoms with van der Waals surface area (Å²) in [4.78, 5) is 28.1. The van der Waals surface area contributed by atoms with E-state index in [-0.39, 0.29) is 30.7 Å². The first-order chi connectivity index (χ1) is 15.5. The second-order valence-electron chi connectivity index (χ2n) is 7.52. The lowest BCUT2D eigenvalue weighted by Gasteiger charge is -2.31. The van der Waals surface area contributed by atoms with Gasteiger partial charge in [-0.25, -0.2) is 4.39 Å². The van der Waals surface area contributed by atoms with Gasteiger partial charge in [-0.05, 0) is 41.3 Å². The molecule has 2 amide bonds. The molecule has 3 aromatic carbocycles. The molecule has 166 valence electrons. The Kier molecular flexibility index (Phi) is 8.40. The summed E-state index contributed by atoms with van der Waals surface area (Å²) >= 11 is 6.23. The summed E-state index contributed by atoms with van der Waals surface area (Å²) in [7, 11) is 0. The summed E-state index contributed by atoms with van der Waals surface area (Å²) in [6.45, 7) is 2.36. The minimum absolute atomic E-state index is 0.140. The van der Waals surface area contributed by atoms with Gasteiger partial charge in [0, 0.05) is 24.5 Å². The summed E-state index contributed by atoms with van der Waals surface area (Å²) < 4.78 is 13.4. The van der Waals surface area contributed by atoms with Crippen LogP contribution in [0.3, 0.4) is 0 Å². The summed E-state index contributed by atoms with van der Waals surface area (Å²) in [5, 5.41) is 3.50. The van der Waals surface area contributed by atoms with Crippen molar-refractivity contribution in [2.24, 2.45) is 0 Å². The van der Waals surface area contributed by atoms with Gasteiger partial charge >= 0.3 is 0 Å². The van der Waals surface area contributed by atoms with E-state index in [4.69, 9.17) is 11.6 Å². The zero-order valence-electron chi connectivity index (χ0n) is 17.9. The molecule has 0 saturated heterocycles. The molecule has 3 rings (SSSR count). The maximum absolute atomic E-state index is 13.4. The first-order valence-electron chi connectivity index (χ1n) is 10.6.